The van der Waals surface area contributed by atoms with Crippen LogP contribution in [0.5, 0.6) is 11.5 Å². The van der Waals surface area contributed by atoms with E-state index in [1.807, 2.05) is 18.2 Å². The molecule has 2 aromatic rings. The summed E-state index contributed by atoms with van der Waals surface area (Å²) in [6.45, 7) is 7.08. The van der Waals surface area contributed by atoms with Gasteiger partial charge in [-0.15, -0.1) is 0 Å². The number of rotatable bonds is 5. The maximum Gasteiger partial charge on any atom is 0.165 e. The number of ether oxygens (including phenoxy) is 2. The number of para-hydroxylation sites is 1. The summed E-state index contributed by atoms with van der Waals surface area (Å²) in [5, 5.41) is 3.52. The average molecular weight is 285 g/mol. The lowest BCUT2D eigenvalue weighted by Gasteiger charge is -2.16. The predicted molar refractivity (Wildman–Crippen MR) is 87.5 cm³/mol. The number of hydrogen-bond donors (Lipinski definition) is 1. The van der Waals surface area contributed by atoms with Crippen LogP contribution in [-0.2, 0) is 6.54 Å². The molecule has 0 fully saturated rings. The first-order valence-electron chi connectivity index (χ1n) is 7.08. The Labute approximate surface area is 126 Å². The van der Waals surface area contributed by atoms with Crippen molar-refractivity contribution in [1.29, 1.82) is 0 Å². The van der Waals surface area contributed by atoms with E-state index in [2.05, 4.69) is 38.2 Å². The fourth-order valence-electron chi connectivity index (χ4n) is 2.74. The van der Waals surface area contributed by atoms with E-state index in [0.29, 0.717) is 6.54 Å². The molecule has 1 N–H and O–H groups in total. The molecule has 2 rings (SSSR count). The minimum Gasteiger partial charge on any atom is -0.493 e. The summed E-state index contributed by atoms with van der Waals surface area (Å²) in [6, 6.07) is 10.3. The van der Waals surface area contributed by atoms with Gasteiger partial charge in [0.2, 0.25) is 0 Å². The van der Waals surface area contributed by atoms with Crippen molar-refractivity contribution in [1.82, 2.24) is 0 Å². The monoisotopic (exact) mass is 285 g/mol. The molecule has 0 bridgehead atoms. The minimum atomic E-state index is 0.700. The Morgan fingerprint density at radius 1 is 0.952 bits per heavy atom. The van der Waals surface area contributed by atoms with Crippen molar-refractivity contribution in [2.45, 2.75) is 27.3 Å². The molecule has 0 heterocycles. The van der Waals surface area contributed by atoms with E-state index in [9.17, 15) is 0 Å². The van der Waals surface area contributed by atoms with Gasteiger partial charge in [0.05, 0.1) is 14.2 Å². The Bertz CT molecular complexity index is 612. The predicted octanol–water partition coefficient (Wildman–Crippen LogP) is 4.24. The Morgan fingerprint density at radius 3 is 2.19 bits per heavy atom. The van der Waals surface area contributed by atoms with Crippen LogP contribution in [0, 0.1) is 20.8 Å². The SMILES string of the molecule is COc1cccc(CNc2c(C)cc(C)cc2C)c1OC. The van der Waals surface area contributed by atoms with Crippen molar-refractivity contribution in [3.05, 3.63) is 52.6 Å². The van der Waals surface area contributed by atoms with E-state index in [1.165, 1.54) is 22.4 Å². The highest BCUT2D eigenvalue weighted by Crippen LogP contribution is 2.31. The second-order valence-corrected chi connectivity index (χ2v) is 5.28. The van der Waals surface area contributed by atoms with Gasteiger partial charge in [0.15, 0.2) is 11.5 Å². The number of methoxy groups -OCH3 is 2. The van der Waals surface area contributed by atoms with Crippen LogP contribution in [0.25, 0.3) is 0 Å². The lowest BCUT2D eigenvalue weighted by molar-refractivity contribution is 0.352. The van der Waals surface area contributed by atoms with Gasteiger partial charge < -0.3 is 14.8 Å². The first kappa shape index (κ1) is 15.2. The van der Waals surface area contributed by atoms with Crippen LogP contribution in [0.4, 0.5) is 5.69 Å². The van der Waals surface area contributed by atoms with Crippen LogP contribution >= 0.6 is 0 Å². The topological polar surface area (TPSA) is 30.5 Å². The summed E-state index contributed by atoms with van der Waals surface area (Å²) in [5.41, 5.74) is 6.07. The van der Waals surface area contributed by atoms with Crippen molar-refractivity contribution in [2.24, 2.45) is 0 Å². The highest BCUT2D eigenvalue weighted by atomic mass is 16.5. The van der Waals surface area contributed by atoms with Crippen molar-refractivity contribution < 1.29 is 9.47 Å². The van der Waals surface area contributed by atoms with Crippen LogP contribution in [0.15, 0.2) is 30.3 Å². The molecular weight excluding hydrogens is 262 g/mol. The third-order valence-electron chi connectivity index (χ3n) is 3.62. The molecule has 0 aliphatic heterocycles. The van der Waals surface area contributed by atoms with Crippen molar-refractivity contribution in [2.75, 3.05) is 19.5 Å². The Hall–Kier alpha value is -2.16. The lowest BCUT2D eigenvalue weighted by atomic mass is 10.0. The molecule has 21 heavy (non-hydrogen) atoms. The number of aryl methyl sites for hydroxylation is 3. The molecule has 0 saturated carbocycles. The van der Waals surface area contributed by atoms with Crippen LogP contribution in [0.2, 0.25) is 0 Å². The molecule has 0 radical (unpaired) electrons. The fraction of sp³-hybridized carbons (Fsp3) is 0.333. The highest BCUT2D eigenvalue weighted by Gasteiger charge is 2.10. The van der Waals surface area contributed by atoms with E-state index < -0.39 is 0 Å². The molecule has 0 spiro atoms. The molecule has 0 unspecified atom stereocenters. The van der Waals surface area contributed by atoms with E-state index in [0.717, 1.165) is 17.1 Å². The van der Waals surface area contributed by atoms with Gasteiger partial charge in [-0.1, -0.05) is 29.8 Å². The Kier molecular flexibility index (Phi) is 4.73. The van der Waals surface area contributed by atoms with Crippen LogP contribution in [0.3, 0.4) is 0 Å². The van der Waals surface area contributed by atoms with E-state index in [-0.39, 0.29) is 0 Å². The van der Waals surface area contributed by atoms with Gasteiger partial charge in [0, 0.05) is 17.8 Å². The molecule has 3 nitrogen and oxygen atoms in total. The van der Waals surface area contributed by atoms with Gasteiger partial charge in [0.1, 0.15) is 0 Å². The average Bonchev–Trinajstić information content (AvgIpc) is 2.45. The third-order valence-corrected chi connectivity index (χ3v) is 3.62. The summed E-state index contributed by atoms with van der Waals surface area (Å²) < 4.78 is 10.8. The van der Waals surface area contributed by atoms with Gasteiger partial charge in [0.25, 0.3) is 0 Å². The summed E-state index contributed by atoms with van der Waals surface area (Å²) in [5.74, 6) is 1.55. The zero-order valence-corrected chi connectivity index (χ0v) is 13.4. The van der Waals surface area contributed by atoms with Crippen LogP contribution < -0.4 is 14.8 Å². The van der Waals surface area contributed by atoms with Crippen LogP contribution in [-0.4, -0.2) is 14.2 Å². The maximum atomic E-state index is 5.47. The van der Waals surface area contributed by atoms with Gasteiger partial charge in [-0.05, 0) is 38.0 Å². The van der Waals surface area contributed by atoms with Crippen molar-refractivity contribution in [3.8, 4) is 11.5 Å². The summed E-state index contributed by atoms with van der Waals surface area (Å²) in [6.07, 6.45) is 0. The number of hydrogen-bond acceptors (Lipinski definition) is 3. The minimum absolute atomic E-state index is 0.700. The first-order valence-corrected chi connectivity index (χ1v) is 7.08. The molecule has 3 heteroatoms. The second-order valence-electron chi connectivity index (χ2n) is 5.28. The number of anilines is 1. The standard InChI is InChI=1S/C18H23NO2/c1-12-9-13(2)17(14(3)10-12)19-11-15-7-6-8-16(20-4)18(15)21-5/h6-10,19H,11H2,1-5H3. The highest BCUT2D eigenvalue weighted by molar-refractivity contribution is 5.59. The third kappa shape index (κ3) is 3.30. The van der Waals surface area contributed by atoms with E-state index in [4.69, 9.17) is 9.47 Å². The fourth-order valence-corrected chi connectivity index (χ4v) is 2.74. The molecule has 0 amide bonds. The summed E-state index contributed by atoms with van der Waals surface area (Å²) in [4.78, 5) is 0. The zero-order valence-electron chi connectivity index (χ0n) is 13.4. The molecule has 0 atom stereocenters. The maximum absolute atomic E-state index is 5.47. The molecule has 0 aliphatic rings. The molecule has 2 aromatic carbocycles. The van der Waals surface area contributed by atoms with E-state index >= 15 is 0 Å². The normalized spacial score (nSPS) is 10.3. The number of nitrogens with one attached hydrogen (secondary N) is 1. The van der Waals surface area contributed by atoms with Gasteiger partial charge in [-0.2, -0.15) is 0 Å². The number of benzene rings is 2. The smallest absolute Gasteiger partial charge is 0.165 e. The van der Waals surface area contributed by atoms with Crippen LogP contribution in [0.1, 0.15) is 22.3 Å². The van der Waals surface area contributed by atoms with Gasteiger partial charge >= 0.3 is 0 Å². The molecule has 0 saturated heterocycles. The molecule has 0 aliphatic carbocycles. The Balaban J connectivity index is 2.25. The molecular formula is C18H23NO2. The largest absolute Gasteiger partial charge is 0.493 e. The van der Waals surface area contributed by atoms with E-state index in [1.54, 1.807) is 14.2 Å². The second kappa shape index (κ2) is 6.53. The summed E-state index contributed by atoms with van der Waals surface area (Å²) in [7, 11) is 3.33. The van der Waals surface area contributed by atoms with Gasteiger partial charge in [-0.25, -0.2) is 0 Å². The first-order chi connectivity index (χ1) is 10.1. The van der Waals surface area contributed by atoms with Crippen molar-refractivity contribution >= 4 is 5.69 Å². The van der Waals surface area contributed by atoms with Gasteiger partial charge in [-0.3, -0.25) is 0 Å². The lowest BCUT2D eigenvalue weighted by Crippen LogP contribution is -2.05. The molecule has 112 valence electrons. The quantitative estimate of drug-likeness (QED) is 0.891. The molecule has 0 aromatic heterocycles. The van der Waals surface area contributed by atoms with Crippen molar-refractivity contribution in [3.63, 3.8) is 0 Å². The zero-order chi connectivity index (χ0) is 15.4. The summed E-state index contributed by atoms with van der Waals surface area (Å²) >= 11 is 0. The Morgan fingerprint density at radius 2 is 1.62 bits per heavy atom.